The number of rotatable bonds is 6. The molecule has 0 atom stereocenters. The van der Waals surface area contributed by atoms with Gasteiger partial charge in [0.25, 0.3) is 11.8 Å². The summed E-state index contributed by atoms with van der Waals surface area (Å²) < 4.78 is 0. The molecule has 0 aromatic carbocycles. The molecule has 2 amide bonds. The second-order valence-electron chi connectivity index (χ2n) is 3.87. The van der Waals surface area contributed by atoms with Crippen molar-refractivity contribution in [1.29, 1.82) is 0 Å². The van der Waals surface area contributed by atoms with Gasteiger partial charge in [0.05, 0.1) is 0 Å². The number of nitrogens with zero attached hydrogens (tertiary/aromatic N) is 1. The fourth-order valence-electron chi connectivity index (χ4n) is 1.42. The summed E-state index contributed by atoms with van der Waals surface area (Å²) >= 11 is 8.03. The van der Waals surface area contributed by atoms with Gasteiger partial charge in [0.1, 0.15) is 11.4 Å². The Balaban J connectivity index is 2.87. The molecule has 0 aliphatic heterocycles. The molecule has 0 radical (unpaired) electrons. The van der Waals surface area contributed by atoms with Crippen LogP contribution in [0.1, 0.15) is 26.5 Å². The third-order valence-corrected chi connectivity index (χ3v) is 2.68. The van der Waals surface area contributed by atoms with Crippen molar-refractivity contribution in [2.75, 3.05) is 24.6 Å². The first-order chi connectivity index (χ1) is 9.08. The van der Waals surface area contributed by atoms with Crippen LogP contribution in [0.3, 0.4) is 0 Å². The summed E-state index contributed by atoms with van der Waals surface area (Å²) in [5, 5.41) is 5.33. The molecule has 0 unspecified atom stereocenters. The van der Waals surface area contributed by atoms with Gasteiger partial charge in [0.15, 0.2) is 0 Å². The van der Waals surface area contributed by atoms with Gasteiger partial charge in [0, 0.05) is 24.6 Å². The van der Waals surface area contributed by atoms with E-state index < -0.39 is 0 Å². The van der Waals surface area contributed by atoms with Gasteiger partial charge >= 0.3 is 0 Å². The van der Waals surface area contributed by atoms with Crippen LogP contribution in [0.25, 0.3) is 0 Å². The van der Waals surface area contributed by atoms with E-state index in [1.54, 1.807) is 12.1 Å². The van der Waals surface area contributed by atoms with Crippen LogP contribution in [0.15, 0.2) is 12.1 Å². The second-order valence-corrected chi connectivity index (χ2v) is 4.77. The normalized spacial score (nSPS) is 10.1. The molecule has 1 heterocycles. The molecule has 0 aliphatic carbocycles. The van der Waals surface area contributed by atoms with Crippen LogP contribution >= 0.6 is 25.3 Å². The van der Waals surface area contributed by atoms with E-state index in [4.69, 9.17) is 0 Å². The summed E-state index contributed by atoms with van der Waals surface area (Å²) in [5.41, 5.74) is 1.28. The van der Waals surface area contributed by atoms with Crippen LogP contribution in [0, 0.1) is 6.92 Å². The van der Waals surface area contributed by atoms with Crippen LogP contribution in [0.4, 0.5) is 0 Å². The lowest BCUT2D eigenvalue weighted by Gasteiger charge is -2.07. The molecule has 1 aromatic heterocycles. The van der Waals surface area contributed by atoms with Crippen molar-refractivity contribution in [2.24, 2.45) is 0 Å². The highest BCUT2D eigenvalue weighted by molar-refractivity contribution is 7.80. The van der Waals surface area contributed by atoms with E-state index in [2.05, 4.69) is 40.9 Å². The van der Waals surface area contributed by atoms with Crippen molar-refractivity contribution < 1.29 is 9.59 Å². The number of amides is 2. The van der Waals surface area contributed by atoms with Crippen molar-refractivity contribution in [1.82, 2.24) is 15.6 Å². The summed E-state index contributed by atoms with van der Waals surface area (Å²) in [6, 6.07) is 3.28. The third kappa shape index (κ3) is 5.12. The van der Waals surface area contributed by atoms with Gasteiger partial charge in [0.2, 0.25) is 0 Å². The number of aromatic nitrogens is 1. The Hall–Kier alpha value is -1.21. The lowest BCUT2D eigenvalue weighted by Crippen LogP contribution is -2.29. The minimum atomic E-state index is -0.305. The molecule has 0 saturated carbocycles. The zero-order chi connectivity index (χ0) is 14.3. The predicted octanol–water partition coefficient (Wildman–Crippen LogP) is 0.709. The van der Waals surface area contributed by atoms with Crippen LogP contribution in [0.2, 0.25) is 0 Å². The van der Waals surface area contributed by atoms with Gasteiger partial charge < -0.3 is 10.6 Å². The Morgan fingerprint density at radius 3 is 1.84 bits per heavy atom. The van der Waals surface area contributed by atoms with Gasteiger partial charge in [-0.05, 0) is 24.6 Å². The maximum atomic E-state index is 11.8. The first kappa shape index (κ1) is 15.8. The molecule has 1 rings (SSSR count). The van der Waals surface area contributed by atoms with E-state index in [1.165, 1.54) is 0 Å². The lowest BCUT2D eigenvalue weighted by atomic mass is 10.2. The van der Waals surface area contributed by atoms with E-state index in [9.17, 15) is 9.59 Å². The SMILES string of the molecule is Cc1cc(C(=O)NCCS)nc(C(=O)NCCS)c1. The van der Waals surface area contributed by atoms with E-state index in [1.807, 2.05) is 6.92 Å². The fraction of sp³-hybridized carbons (Fsp3) is 0.417. The van der Waals surface area contributed by atoms with E-state index in [0.717, 1.165) is 5.56 Å². The average Bonchev–Trinajstić information content (AvgIpc) is 2.41. The number of carbonyl (C=O) groups is 2. The quantitative estimate of drug-likeness (QED) is 0.585. The summed E-state index contributed by atoms with van der Waals surface area (Å²) in [5.74, 6) is 0.488. The number of aryl methyl sites for hydroxylation is 1. The van der Waals surface area contributed by atoms with E-state index in [0.29, 0.717) is 24.6 Å². The topological polar surface area (TPSA) is 71.1 Å². The summed E-state index contributed by atoms with van der Waals surface area (Å²) in [4.78, 5) is 27.7. The van der Waals surface area contributed by atoms with Crippen LogP contribution in [-0.2, 0) is 0 Å². The zero-order valence-electron chi connectivity index (χ0n) is 10.6. The molecule has 0 aliphatic rings. The number of hydrogen-bond donors (Lipinski definition) is 4. The molecule has 5 nitrogen and oxygen atoms in total. The third-order valence-electron chi connectivity index (χ3n) is 2.23. The molecule has 0 saturated heterocycles. The Labute approximate surface area is 123 Å². The molecular formula is C12H17N3O2S2. The van der Waals surface area contributed by atoms with Crippen molar-refractivity contribution >= 4 is 37.1 Å². The number of thiol groups is 2. The van der Waals surface area contributed by atoms with E-state index in [-0.39, 0.29) is 23.2 Å². The Morgan fingerprint density at radius 2 is 1.47 bits per heavy atom. The maximum Gasteiger partial charge on any atom is 0.269 e. The minimum Gasteiger partial charge on any atom is -0.350 e. The minimum absolute atomic E-state index is 0.234. The molecule has 1 aromatic rings. The summed E-state index contributed by atoms with van der Waals surface area (Å²) in [6.45, 7) is 2.73. The summed E-state index contributed by atoms with van der Waals surface area (Å²) in [7, 11) is 0. The molecule has 2 N–H and O–H groups in total. The lowest BCUT2D eigenvalue weighted by molar-refractivity contribution is 0.0947. The van der Waals surface area contributed by atoms with Gasteiger partial charge in [-0.2, -0.15) is 25.3 Å². The first-order valence-corrected chi connectivity index (χ1v) is 7.11. The first-order valence-electron chi connectivity index (χ1n) is 5.85. The van der Waals surface area contributed by atoms with Gasteiger partial charge in [-0.25, -0.2) is 4.98 Å². The number of pyridine rings is 1. The highest BCUT2D eigenvalue weighted by atomic mass is 32.1. The maximum absolute atomic E-state index is 11.8. The number of hydrogen-bond acceptors (Lipinski definition) is 5. The standard InChI is InChI=1S/C12H17N3O2S2/c1-8-6-9(11(16)13-2-4-18)15-10(7-8)12(17)14-3-5-19/h6-7,18-19H,2-5H2,1H3,(H,13,16)(H,14,17). The molecule has 7 heteroatoms. The molecule has 0 bridgehead atoms. The Morgan fingerprint density at radius 1 is 1.05 bits per heavy atom. The molecular weight excluding hydrogens is 282 g/mol. The van der Waals surface area contributed by atoms with Gasteiger partial charge in [-0.3, -0.25) is 9.59 Å². The molecule has 19 heavy (non-hydrogen) atoms. The summed E-state index contributed by atoms with van der Waals surface area (Å²) in [6.07, 6.45) is 0. The Kier molecular flexibility index (Phi) is 6.72. The van der Waals surface area contributed by atoms with Crippen LogP contribution < -0.4 is 10.6 Å². The largest absolute Gasteiger partial charge is 0.350 e. The number of nitrogens with one attached hydrogen (secondary N) is 2. The predicted molar refractivity (Wildman–Crippen MR) is 81.3 cm³/mol. The van der Waals surface area contributed by atoms with Crippen molar-refractivity contribution in [3.63, 3.8) is 0 Å². The second kappa shape index (κ2) is 8.06. The molecule has 0 spiro atoms. The molecule has 0 fully saturated rings. The fourth-order valence-corrected chi connectivity index (χ4v) is 1.64. The Bertz CT molecular complexity index is 428. The zero-order valence-corrected chi connectivity index (χ0v) is 12.4. The molecule has 104 valence electrons. The highest BCUT2D eigenvalue weighted by Crippen LogP contribution is 2.05. The van der Waals surface area contributed by atoms with Crippen molar-refractivity contribution in [3.05, 3.63) is 29.1 Å². The van der Waals surface area contributed by atoms with Crippen molar-refractivity contribution in [2.45, 2.75) is 6.92 Å². The number of carbonyl (C=O) groups excluding carboxylic acids is 2. The van der Waals surface area contributed by atoms with Crippen molar-refractivity contribution in [3.8, 4) is 0 Å². The van der Waals surface area contributed by atoms with Gasteiger partial charge in [-0.15, -0.1) is 0 Å². The van der Waals surface area contributed by atoms with Gasteiger partial charge in [-0.1, -0.05) is 0 Å². The van der Waals surface area contributed by atoms with E-state index >= 15 is 0 Å². The monoisotopic (exact) mass is 299 g/mol. The average molecular weight is 299 g/mol. The van der Waals surface area contributed by atoms with Crippen LogP contribution in [-0.4, -0.2) is 41.4 Å². The smallest absolute Gasteiger partial charge is 0.269 e. The highest BCUT2D eigenvalue weighted by Gasteiger charge is 2.13. The van der Waals surface area contributed by atoms with Crippen LogP contribution in [0.5, 0.6) is 0 Å².